The summed E-state index contributed by atoms with van der Waals surface area (Å²) in [5, 5.41) is 0. The van der Waals surface area contributed by atoms with Crippen molar-refractivity contribution in [2.45, 2.75) is 6.42 Å². The Labute approximate surface area is 114 Å². The maximum atomic E-state index is 5.73. The van der Waals surface area contributed by atoms with Crippen LogP contribution in [0.2, 0.25) is 0 Å². The van der Waals surface area contributed by atoms with Crippen molar-refractivity contribution in [1.29, 1.82) is 0 Å². The molecule has 1 aliphatic rings. The van der Waals surface area contributed by atoms with E-state index in [0.717, 1.165) is 50.8 Å². The van der Waals surface area contributed by atoms with E-state index in [9.17, 15) is 0 Å². The highest BCUT2D eigenvalue weighted by Crippen LogP contribution is 2.28. The quantitative estimate of drug-likeness (QED) is 0.763. The number of hydrogen-bond donors (Lipinski definition) is 0. The van der Waals surface area contributed by atoms with Crippen LogP contribution < -0.4 is 9.64 Å². The van der Waals surface area contributed by atoms with Gasteiger partial charge >= 0.3 is 0 Å². The molecule has 0 bridgehead atoms. The highest BCUT2D eigenvalue weighted by Gasteiger charge is 2.18. The second-order valence-electron chi connectivity index (χ2n) is 4.54. The van der Waals surface area contributed by atoms with E-state index in [-0.39, 0.29) is 0 Å². The lowest BCUT2D eigenvalue weighted by Gasteiger charge is -2.36. The predicted molar refractivity (Wildman–Crippen MR) is 77.0 cm³/mol. The zero-order valence-corrected chi connectivity index (χ0v) is 11.7. The van der Waals surface area contributed by atoms with Gasteiger partial charge in [-0.15, -0.1) is 11.6 Å². The molecule has 1 aromatic rings. The lowest BCUT2D eigenvalue weighted by molar-refractivity contribution is 0.258. The molecule has 0 spiro atoms. The van der Waals surface area contributed by atoms with E-state index in [2.05, 4.69) is 21.9 Å². The van der Waals surface area contributed by atoms with Crippen molar-refractivity contribution >= 4 is 17.3 Å². The molecule has 1 saturated heterocycles. The number of nitrogens with zero attached hydrogens (tertiary/aromatic N) is 2. The fourth-order valence-electron chi connectivity index (χ4n) is 2.39. The van der Waals surface area contributed by atoms with E-state index in [1.807, 2.05) is 12.1 Å². The summed E-state index contributed by atoms with van der Waals surface area (Å²) in [6.07, 6.45) is 1.08. The normalized spacial score (nSPS) is 16.9. The second-order valence-corrected chi connectivity index (χ2v) is 4.92. The monoisotopic (exact) mass is 268 g/mol. The molecule has 100 valence electrons. The Morgan fingerprint density at radius 2 is 1.89 bits per heavy atom. The summed E-state index contributed by atoms with van der Waals surface area (Å²) in [4.78, 5) is 4.88. The Bertz CT molecular complexity index is 365. The number of rotatable bonds is 5. The zero-order valence-electron chi connectivity index (χ0n) is 10.9. The molecule has 0 aromatic heterocycles. The number of piperazine rings is 1. The third kappa shape index (κ3) is 3.30. The summed E-state index contributed by atoms with van der Waals surface area (Å²) >= 11 is 5.73. The van der Waals surface area contributed by atoms with E-state index in [4.69, 9.17) is 16.3 Å². The third-order valence-electron chi connectivity index (χ3n) is 3.41. The maximum Gasteiger partial charge on any atom is 0.142 e. The minimum atomic E-state index is 0.757. The van der Waals surface area contributed by atoms with Crippen LogP contribution in [0.4, 0.5) is 5.69 Å². The fourth-order valence-corrected chi connectivity index (χ4v) is 2.51. The van der Waals surface area contributed by atoms with Crippen molar-refractivity contribution in [2.24, 2.45) is 0 Å². The highest BCUT2D eigenvalue weighted by atomic mass is 35.5. The summed E-state index contributed by atoms with van der Waals surface area (Å²) in [7, 11) is 1.73. The number of alkyl halides is 1. The van der Waals surface area contributed by atoms with E-state index in [0.29, 0.717) is 0 Å². The number of methoxy groups -OCH3 is 1. The summed E-state index contributed by atoms with van der Waals surface area (Å²) in [5.41, 5.74) is 1.21. The molecule has 0 unspecified atom stereocenters. The molecule has 1 aliphatic heterocycles. The number of hydrogen-bond acceptors (Lipinski definition) is 3. The van der Waals surface area contributed by atoms with Crippen molar-refractivity contribution in [3.63, 3.8) is 0 Å². The van der Waals surface area contributed by atoms with Gasteiger partial charge in [-0.25, -0.2) is 0 Å². The van der Waals surface area contributed by atoms with Gasteiger partial charge in [0.1, 0.15) is 5.75 Å². The SMILES string of the molecule is COc1ccccc1N1CCN(CCCCl)CC1. The van der Waals surface area contributed by atoms with E-state index in [1.54, 1.807) is 7.11 Å². The van der Waals surface area contributed by atoms with Gasteiger partial charge in [-0.2, -0.15) is 0 Å². The minimum absolute atomic E-state index is 0.757. The first kappa shape index (κ1) is 13.5. The number of para-hydroxylation sites is 2. The Balaban J connectivity index is 1.92. The molecule has 1 aromatic carbocycles. The summed E-state index contributed by atoms with van der Waals surface area (Å²) < 4.78 is 5.42. The van der Waals surface area contributed by atoms with Crippen molar-refractivity contribution in [3.05, 3.63) is 24.3 Å². The molecule has 18 heavy (non-hydrogen) atoms. The average Bonchev–Trinajstić information content (AvgIpc) is 2.45. The Kier molecular flexibility index (Phi) is 5.14. The molecule has 1 fully saturated rings. The number of halogens is 1. The molecule has 4 heteroatoms. The van der Waals surface area contributed by atoms with Gasteiger partial charge in [0.05, 0.1) is 12.8 Å². The fraction of sp³-hybridized carbons (Fsp3) is 0.571. The van der Waals surface area contributed by atoms with Gasteiger partial charge in [0, 0.05) is 32.1 Å². The van der Waals surface area contributed by atoms with Crippen molar-refractivity contribution in [2.75, 3.05) is 50.6 Å². The molecule has 0 aliphatic carbocycles. The van der Waals surface area contributed by atoms with Crippen LogP contribution >= 0.6 is 11.6 Å². The molecule has 0 N–H and O–H groups in total. The first-order chi connectivity index (χ1) is 8.85. The van der Waals surface area contributed by atoms with Crippen LogP contribution in [0.3, 0.4) is 0 Å². The molecule has 0 atom stereocenters. The van der Waals surface area contributed by atoms with Crippen molar-refractivity contribution < 1.29 is 4.74 Å². The van der Waals surface area contributed by atoms with Gasteiger partial charge < -0.3 is 9.64 Å². The Morgan fingerprint density at radius 1 is 1.17 bits per heavy atom. The first-order valence-electron chi connectivity index (χ1n) is 6.51. The van der Waals surface area contributed by atoms with Crippen LogP contribution in [-0.2, 0) is 0 Å². The smallest absolute Gasteiger partial charge is 0.142 e. The Hall–Kier alpha value is -0.930. The molecule has 1 heterocycles. The summed E-state index contributed by atoms with van der Waals surface area (Å²) in [6.45, 7) is 5.44. The average molecular weight is 269 g/mol. The topological polar surface area (TPSA) is 15.7 Å². The molecule has 2 rings (SSSR count). The van der Waals surface area contributed by atoms with Gasteiger partial charge in [0.25, 0.3) is 0 Å². The van der Waals surface area contributed by atoms with Crippen LogP contribution in [0.5, 0.6) is 5.75 Å². The largest absolute Gasteiger partial charge is 0.495 e. The van der Waals surface area contributed by atoms with E-state index >= 15 is 0 Å². The predicted octanol–water partition coefficient (Wildman–Crippen LogP) is 2.45. The van der Waals surface area contributed by atoms with Crippen LogP contribution in [0.15, 0.2) is 24.3 Å². The van der Waals surface area contributed by atoms with Crippen LogP contribution in [0, 0.1) is 0 Å². The second kappa shape index (κ2) is 6.86. The molecular weight excluding hydrogens is 248 g/mol. The molecule has 0 saturated carbocycles. The number of benzene rings is 1. The molecule has 0 radical (unpaired) electrons. The molecule has 0 amide bonds. The van der Waals surface area contributed by atoms with Gasteiger partial charge in [0.2, 0.25) is 0 Å². The van der Waals surface area contributed by atoms with Crippen molar-refractivity contribution in [3.8, 4) is 5.75 Å². The van der Waals surface area contributed by atoms with Crippen LogP contribution in [0.25, 0.3) is 0 Å². The van der Waals surface area contributed by atoms with Gasteiger partial charge in [-0.05, 0) is 25.1 Å². The molecule has 3 nitrogen and oxygen atoms in total. The van der Waals surface area contributed by atoms with Crippen molar-refractivity contribution in [1.82, 2.24) is 4.90 Å². The zero-order chi connectivity index (χ0) is 12.8. The lowest BCUT2D eigenvalue weighted by atomic mass is 10.2. The summed E-state index contributed by atoms with van der Waals surface area (Å²) in [5.74, 6) is 1.72. The Morgan fingerprint density at radius 3 is 2.56 bits per heavy atom. The standard InChI is InChI=1S/C14H21ClN2O/c1-18-14-6-3-2-5-13(14)17-11-9-16(10-12-17)8-4-7-15/h2-3,5-6H,4,7-12H2,1H3. The molecular formula is C14H21ClN2O. The van der Waals surface area contributed by atoms with Crippen LogP contribution in [0.1, 0.15) is 6.42 Å². The number of ether oxygens (including phenoxy) is 1. The summed E-state index contributed by atoms with van der Waals surface area (Å²) in [6, 6.07) is 8.24. The van der Waals surface area contributed by atoms with E-state index in [1.165, 1.54) is 5.69 Å². The lowest BCUT2D eigenvalue weighted by Crippen LogP contribution is -2.46. The minimum Gasteiger partial charge on any atom is -0.495 e. The van der Waals surface area contributed by atoms with Gasteiger partial charge in [-0.1, -0.05) is 12.1 Å². The first-order valence-corrected chi connectivity index (χ1v) is 7.05. The number of anilines is 1. The maximum absolute atomic E-state index is 5.73. The highest BCUT2D eigenvalue weighted by molar-refractivity contribution is 6.17. The van der Waals surface area contributed by atoms with E-state index < -0.39 is 0 Å². The third-order valence-corrected chi connectivity index (χ3v) is 3.67. The van der Waals surface area contributed by atoms with Gasteiger partial charge in [-0.3, -0.25) is 4.90 Å². The van der Waals surface area contributed by atoms with Gasteiger partial charge in [0.15, 0.2) is 0 Å². The van der Waals surface area contributed by atoms with Crippen LogP contribution in [-0.4, -0.2) is 50.6 Å².